The van der Waals surface area contributed by atoms with Crippen molar-refractivity contribution in [2.24, 2.45) is 0 Å². The molecule has 0 aliphatic rings. The van der Waals surface area contributed by atoms with Crippen molar-refractivity contribution in [3.63, 3.8) is 0 Å². The monoisotopic (exact) mass is 144 g/mol. The Morgan fingerprint density at radius 1 is 0.750 bits per heavy atom. The molecule has 0 rings (SSSR count). The summed E-state index contributed by atoms with van der Waals surface area (Å²) in [6, 6.07) is 0. The summed E-state index contributed by atoms with van der Waals surface area (Å²) in [5.74, 6) is 0. The van der Waals surface area contributed by atoms with E-state index in [0.29, 0.717) is 0 Å². The van der Waals surface area contributed by atoms with Crippen molar-refractivity contribution in [3.05, 3.63) is 0 Å². The third kappa shape index (κ3) is 11.1. The van der Waals surface area contributed by atoms with Crippen LogP contribution in [0.1, 0.15) is 0 Å². The summed E-state index contributed by atoms with van der Waals surface area (Å²) in [6.45, 7) is 0. The van der Waals surface area contributed by atoms with Gasteiger partial charge in [-0.05, 0) is 0 Å². The summed E-state index contributed by atoms with van der Waals surface area (Å²) >= 11 is 0. The fourth-order valence-electron chi connectivity index (χ4n) is 0. The van der Waals surface area contributed by atoms with Crippen LogP contribution in [0, 0.1) is 0 Å². The average molecular weight is 145 g/mol. The second-order valence-corrected chi connectivity index (χ2v) is 0. The van der Waals surface area contributed by atoms with Crippen LogP contribution in [0.4, 0.5) is 0 Å². The molecule has 0 bridgehead atoms. The third-order valence-electron chi connectivity index (χ3n) is 0. The van der Waals surface area contributed by atoms with E-state index in [2.05, 4.69) is 0 Å². The molecule has 0 aromatic rings. The molecule has 0 nitrogen and oxygen atoms in total. The third-order valence-corrected chi connectivity index (χ3v) is 0. The summed E-state index contributed by atoms with van der Waals surface area (Å²) in [7, 11) is 0. The Morgan fingerprint density at radius 2 is 0.750 bits per heavy atom. The topological polar surface area (TPSA) is 0 Å². The van der Waals surface area contributed by atoms with Gasteiger partial charge in [0.25, 0.3) is 0 Å². The van der Waals surface area contributed by atoms with E-state index < -0.39 is 0 Å². The van der Waals surface area contributed by atoms with Gasteiger partial charge >= 0.3 is 0 Å². The van der Waals surface area contributed by atoms with E-state index in [4.69, 9.17) is 0 Å². The Bertz CT molecular complexity index is 6.00. The zero-order valence-electron chi connectivity index (χ0n) is 1.13. The molecule has 0 aromatic heterocycles. The van der Waals surface area contributed by atoms with E-state index in [1.54, 1.807) is 0 Å². The molecule has 0 heterocycles. The molecule has 0 saturated carbocycles. The first-order chi connectivity index (χ1) is 0. The fourth-order valence-corrected chi connectivity index (χ4v) is 0. The zero-order valence-corrected chi connectivity index (χ0v) is 3.75. The molecule has 0 aromatic carbocycles. The standard InChI is InChI=1S/BH3.2ClH.Ni/h1H3;2*1H;. The van der Waals surface area contributed by atoms with Crippen LogP contribution in [0.5, 0.6) is 0 Å². The zero-order chi connectivity index (χ0) is 0. The van der Waals surface area contributed by atoms with Crippen LogP contribution in [-0.4, -0.2) is 8.41 Å². The molecular weight excluding hydrogens is 140 g/mol. The van der Waals surface area contributed by atoms with Crippen molar-refractivity contribution in [1.29, 1.82) is 0 Å². The molecule has 0 N–H and O–H groups in total. The molecule has 0 aliphatic carbocycles. The van der Waals surface area contributed by atoms with Crippen molar-refractivity contribution in [2.75, 3.05) is 0 Å². The van der Waals surface area contributed by atoms with Crippen molar-refractivity contribution in [1.82, 2.24) is 0 Å². The van der Waals surface area contributed by atoms with E-state index >= 15 is 0 Å². The van der Waals surface area contributed by atoms with Gasteiger partial charge in [0.2, 0.25) is 0 Å². The molecule has 0 unspecified atom stereocenters. The average Bonchev–Trinajstić information content (AvgIpc) is 0. The van der Waals surface area contributed by atoms with Gasteiger partial charge in [0, 0.05) is 16.5 Å². The minimum Gasteiger partial charge on any atom is -0.147 e. The number of halogens is 2. The SMILES string of the molecule is B.Cl.Cl.[Ni]. The molecule has 0 amide bonds. The van der Waals surface area contributed by atoms with E-state index in [0.717, 1.165) is 0 Å². The predicted molar refractivity (Wildman–Crippen MR) is 24.4 cm³/mol. The van der Waals surface area contributed by atoms with E-state index in [1.807, 2.05) is 0 Å². The van der Waals surface area contributed by atoms with Crippen LogP contribution in [0.3, 0.4) is 0 Å². The van der Waals surface area contributed by atoms with E-state index in [-0.39, 0.29) is 49.7 Å². The quantitative estimate of drug-likeness (QED) is 0.409. The number of hydrogen-bond acceptors (Lipinski definition) is 0. The molecule has 4 heteroatoms. The van der Waals surface area contributed by atoms with Gasteiger partial charge in [0.15, 0.2) is 0 Å². The molecule has 0 spiro atoms. The second kappa shape index (κ2) is 31.5. The van der Waals surface area contributed by atoms with Crippen molar-refractivity contribution >= 4 is 33.2 Å². The number of hydrogen-bond donors (Lipinski definition) is 0. The first kappa shape index (κ1) is 67.9. The van der Waals surface area contributed by atoms with Gasteiger partial charge in [0.05, 0.1) is 8.41 Å². The predicted octanol–water partition coefficient (Wildman–Crippen LogP) is -0.343. The molecule has 0 atom stereocenters. The van der Waals surface area contributed by atoms with Gasteiger partial charge in [0.1, 0.15) is 0 Å². The van der Waals surface area contributed by atoms with Crippen LogP contribution in [-0.2, 0) is 16.5 Å². The fraction of sp³-hybridized carbons (Fsp3) is 0. The Kier molecular flexibility index (Phi) is 534. The van der Waals surface area contributed by atoms with Crippen molar-refractivity contribution < 1.29 is 16.5 Å². The van der Waals surface area contributed by atoms with Gasteiger partial charge in [-0.1, -0.05) is 0 Å². The normalized spacial score (nSPS) is 0. The number of rotatable bonds is 0. The summed E-state index contributed by atoms with van der Waals surface area (Å²) < 4.78 is 0. The van der Waals surface area contributed by atoms with Gasteiger partial charge in [-0.2, -0.15) is 0 Å². The van der Waals surface area contributed by atoms with Crippen LogP contribution in [0.2, 0.25) is 0 Å². The molecule has 32 valence electrons. The Morgan fingerprint density at radius 3 is 0.750 bits per heavy atom. The first-order valence-corrected chi connectivity index (χ1v) is 0. The Hall–Kier alpha value is 1.14. The van der Waals surface area contributed by atoms with E-state index in [1.165, 1.54) is 0 Å². The van der Waals surface area contributed by atoms with Crippen LogP contribution in [0.15, 0.2) is 0 Å². The van der Waals surface area contributed by atoms with Crippen molar-refractivity contribution in [3.8, 4) is 0 Å². The molecule has 4 heavy (non-hydrogen) atoms. The smallest absolute Gasteiger partial charge is 0.0814 e. The molecular formula is H5BCl2Ni. The minimum absolute atomic E-state index is 0. The summed E-state index contributed by atoms with van der Waals surface area (Å²) in [6.07, 6.45) is 0. The van der Waals surface area contributed by atoms with Crippen LogP contribution < -0.4 is 0 Å². The Labute approximate surface area is 50.0 Å². The second-order valence-electron chi connectivity index (χ2n) is 0. The molecule has 0 fully saturated rings. The molecule has 0 radical (unpaired) electrons. The molecule has 0 aliphatic heterocycles. The van der Waals surface area contributed by atoms with Gasteiger partial charge in [-0.25, -0.2) is 0 Å². The van der Waals surface area contributed by atoms with Gasteiger partial charge in [-0.3, -0.25) is 0 Å². The summed E-state index contributed by atoms with van der Waals surface area (Å²) in [5.41, 5.74) is 0. The van der Waals surface area contributed by atoms with Gasteiger partial charge < -0.3 is 0 Å². The summed E-state index contributed by atoms with van der Waals surface area (Å²) in [5, 5.41) is 0. The Balaban J connectivity index is 0. The summed E-state index contributed by atoms with van der Waals surface area (Å²) in [4.78, 5) is 0. The minimum atomic E-state index is 0. The molecule has 0 saturated heterocycles. The maximum absolute atomic E-state index is 0. The van der Waals surface area contributed by atoms with E-state index in [9.17, 15) is 0 Å². The maximum Gasteiger partial charge on any atom is 0.0814 e. The first-order valence-electron chi connectivity index (χ1n) is 0. The van der Waals surface area contributed by atoms with Crippen LogP contribution in [0.25, 0.3) is 0 Å². The van der Waals surface area contributed by atoms with Crippen molar-refractivity contribution in [2.45, 2.75) is 0 Å². The maximum atomic E-state index is 0. The van der Waals surface area contributed by atoms with Gasteiger partial charge in [-0.15, -0.1) is 24.8 Å². The van der Waals surface area contributed by atoms with Crippen LogP contribution >= 0.6 is 24.8 Å². The largest absolute Gasteiger partial charge is 0.147 e.